The van der Waals surface area contributed by atoms with Crippen LogP contribution >= 0.6 is 0 Å². The number of hydrogen-bond donors (Lipinski definition) is 2. The number of nitrogens with one attached hydrogen (secondary N) is 1. The lowest BCUT2D eigenvalue weighted by atomic mass is 9.89. The van der Waals surface area contributed by atoms with Crippen LogP contribution in [0, 0.1) is 5.41 Å². The first-order chi connectivity index (χ1) is 7.61. The van der Waals surface area contributed by atoms with Gasteiger partial charge in [0.1, 0.15) is 0 Å². The third kappa shape index (κ3) is 2.76. The van der Waals surface area contributed by atoms with Gasteiger partial charge in [0.25, 0.3) is 0 Å². The van der Waals surface area contributed by atoms with Crippen LogP contribution in [-0.2, 0) is 4.74 Å². The summed E-state index contributed by atoms with van der Waals surface area (Å²) in [6, 6.07) is 0.572. The summed E-state index contributed by atoms with van der Waals surface area (Å²) in [5, 5.41) is 12.9. The molecule has 3 nitrogen and oxygen atoms in total. The lowest BCUT2D eigenvalue weighted by Gasteiger charge is -2.38. The minimum Gasteiger partial charge on any atom is -0.396 e. The Morgan fingerprint density at radius 3 is 2.75 bits per heavy atom. The number of hydrogen-bond acceptors (Lipinski definition) is 3. The van der Waals surface area contributed by atoms with Gasteiger partial charge in [0, 0.05) is 31.2 Å². The number of aliphatic hydroxyl groups excluding tert-OH is 1. The van der Waals surface area contributed by atoms with E-state index in [4.69, 9.17) is 4.74 Å². The van der Waals surface area contributed by atoms with E-state index in [9.17, 15) is 5.11 Å². The molecule has 2 rings (SSSR count). The van der Waals surface area contributed by atoms with Gasteiger partial charge in [0.05, 0.1) is 5.60 Å². The van der Waals surface area contributed by atoms with E-state index in [2.05, 4.69) is 19.2 Å². The highest BCUT2D eigenvalue weighted by Gasteiger charge is 2.42. The Morgan fingerprint density at radius 1 is 1.44 bits per heavy atom. The maximum atomic E-state index is 9.27. The first kappa shape index (κ1) is 12.3. The van der Waals surface area contributed by atoms with E-state index in [0.717, 1.165) is 32.4 Å². The standard InChI is InChI=1S/C13H25NO2/c1-3-12(2)8-11(4-7-16-12)14-9-13(10-15)5-6-13/h11,14-15H,3-10H2,1-2H3. The molecular formula is C13H25NO2. The first-order valence-corrected chi connectivity index (χ1v) is 6.60. The Kier molecular flexibility index (Phi) is 3.57. The molecule has 2 aliphatic rings. The van der Waals surface area contributed by atoms with Crippen molar-refractivity contribution in [3.05, 3.63) is 0 Å². The van der Waals surface area contributed by atoms with Gasteiger partial charge in [0.2, 0.25) is 0 Å². The Balaban J connectivity index is 1.77. The molecule has 0 amide bonds. The van der Waals surface area contributed by atoms with Crippen LogP contribution in [0.2, 0.25) is 0 Å². The highest BCUT2D eigenvalue weighted by Crippen LogP contribution is 2.44. The fourth-order valence-corrected chi connectivity index (χ4v) is 2.48. The Labute approximate surface area is 98.6 Å². The SMILES string of the molecule is CCC1(C)CC(NCC2(CO)CC2)CCO1. The maximum absolute atomic E-state index is 9.27. The predicted octanol–water partition coefficient (Wildman–Crippen LogP) is 1.70. The van der Waals surface area contributed by atoms with Crippen LogP contribution in [0.5, 0.6) is 0 Å². The van der Waals surface area contributed by atoms with Crippen molar-refractivity contribution in [1.82, 2.24) is 5.32 Å². The zero-order chi connectivity index (χ0) is 11.6. The van der Waals surface area contributed by atoms with Crippen molar-refractivity contribution in [2.45, 2.75) is 57.6 Å². The minimum atomic E-state index is 0.0614. The van der Waals surface area contributed by atoms with E-state index in [1.54, 1.807) is 0 Å². The second kappa shape index (κ2) is 4.63. The van der Waals surface area contributed by atoms with Crippen LogP contribution in [0.4, 0.5) is 0 Å². The Hall–Kier alpha value is -0.120. The molecule has 0 spiro atoms. The summed E-state index contributed by atoms with van der Waals surface area (Å²) in [7, 11) is 0. The van der Waals surface area contributed by atoms with Crippen molar-refractivity contribution in [2.24, 2.45) is 5.41 Å². The molecule has 1 saturated carbocycles. The second-order valence-electron chi connectivity index (χ2n) is 5.88. The molecule has 2 N–H and O–H groups in total. The van der Waals surface area contributed by atoms with E-state index in [1.807, 2.05) is 0 Å². The zero-order valence-electron chi connectivity index (χ0n) is 10.6. The summed E-state index contributed by atoms with van der Waals surface area (Å²) in [6.45, 7) is 6.59. The smallest absolute Gasteiger partial charge is 0.0666 e. The summed E-state index contributed by atoms with van der Waals surface area (Å²) < 4.78 is 5.83. The average Bonchev–Trinajstić information content (AvgIpc) is 3.08. The van der Waals surface area contributed by atoms with Gasteiger partial charge in [-0.1, -0.05) is 6.92 Å². The lowest BCUT2D eigenvalue weighted by Crippen LogP contribution is -2.46. The van der Waals surface area contributed by atoms with Crippen molar-refractivity contribution in [3.63, 3.8) is 0 Å². The first-order valence-electron chi connectivity index (χ1n) is 6.60. The summed E-state index contributed by atoms with van der Waals surface area (Å²) >= 11 is 0. The summed E-state index contributed by atoms with van der Waals surface area (Å²) in [5.41, 5.74) is 0.284. The molecule has 2 unspecified atom stereocenters. The molecule has 0 aromatic carbocycles. The lowest BCUT2D eigenvalue weighted by molar-refractivity contribution is -0.0785. The van der Waals surface area contributed by atoms with Gasteiger partial charge in [-0.25, -0.2) is 0 Å². The van der Waals surface area contributed by atoms with Crippen molar-refractivity contribution in [3.8, 4) is 0 Å². The molecule has 0 aromatic rings. The second-order valence-corrected chi connectivity index (χ2v) is 5.88. The molecule has 3 heteroatoms. The van der Waals surface area contributed by atoms with Crippen LogP contribution in [0.15, 0.2) is 0 Å². The molecule has 0 aromatic heterocycles. The molecule has 94 valence electrons. The fraction of sp³-hybridized carbons (Fsp3) is 1.00. The minimum absolute atomic E-state index is 0.0614. The van der Waals surface area contributed by atoms with E-state index in [-0.39, 0.29) is 11.0 Å². The highest BCUT2D eigenvalue weighted by molar-refractivity contribution is 4.96. The molecule has 2 atom stereocenters. The third-order valence-corrected chi connectivity index (χ3v) is 4.40. The molecule has 1 heterocycles. The van der Waals surface area contributed by atoms with E-state index in [1.165, 1.54) is 12.8 Å². The average molecular weight is 227 g/mol. The quantitative estimate of drug-likeness (QED) is 0.751. The zero-order valence-corrected chi connectivity index (χ0v) is 10.6. The van der Waals surface area contributed by atoms with Crippen molar-refractivity contribution >= 4 is 0 Å². The normalized spacial score (nSPS) is 37.3. The van der Waals surface area contributed by atoms with Crippen molar-refractivity contribution in [1.29, 1.82) is 0 Å². The summed E-state index contributed by atoms with van der Waals surface area (Å²) in [5.74, 6) is 0. The van der Waals surface area contributed by atoms with Gasteiger partial charge in [-0.2, -0.15) is 0 Å². The van der Waals surface area contributed by atoms with Gasteiger partial charge in [0.15, 0.2) is 0 Å². The number of aliphatic hydroxyl groups is 1. The van der Waals surface area contributed by atoms with Crippen molar-refractivity contribution in [2.75, 3.05) is 19.8 Å². The van der Waals surface area contributed by atoms with Gasteiger partial charge >= 0.3 is 0 Å². The van der Waals surface area contributed by atoms with Crippen LogP contribution < -0.4 is 5.32 Å². The summed E-state index contributed by atoms with van der Waals surface area (Å²) in [4.78, 5) is 0. The van der Waals surface area contributed by atoms with Gasteiger partial charge in [-0.15, -0.1) is 0 Å². The molecule has 16 heavy (non-hydrogen) atoms. The topological polar surface area (TPSA) is 41.5 Å². The van der Waals surface area contributed by atoms with Gasteiger partial charge in [-0.05, 0) is 39.0 Å². The van der Waals surface area contributed by atoms with Gasteiger partial charge < -0.3 is 15.2 Å². The van der Waals surface area contributed by atoms with E-state index in [0.29, 0.717) is 12.6 Å². The van der Waals surface area contributed by atoms with Crippen LogP contribution in [0.1, 0.15) is 46.0 Å². The molecule has 1 aliphatic heterocycles. The Bertz CT molecular complexity index is 240. The molecule has 1 saturated heterocycles. The van der Waals surface area contributed by atoms with Gasteiger partial charge in [-0.3, -0.25) is 0 Å². The monoisotopic (exact) mass is 227 g/mol. The van der Waals surface area contributed by atoms with Crippen LogP contribution in [0.3, 0.4) is 0 Å². The van der Waals surface area contributed by atoms with Crippen molar-refractivity contribution < 1.29 is 9.84 Å². The number of ether oxygens (including phenoxy) is 1. The van der Waals surface area contributed by atoms with Crippen LogP contribution in [-0.4, -0.2) is 36.5 Å². The highest BCUT2D eigenvalue weighted by atomic mass is 16.5. The largest absolute Gasteiger partial charge is 0.396 e. The molecule has 0 bridgehead atoms. The molecule has 2 fully saturated rings. The van der Waals surface area contributed by atoms with E-state index >= 15 is 0 Å². The number of rotatable bonds is 5. The van der Waals surface area contributed by atoms with E-state index < -0.39 is 0 Å². The molecular weight excluding hydrogens is 202 g/mol. The van der Waals surface area contributed by atoms with Crippen LogP contribution in [0.25, 0.3) is 0 Å². The molecule has 0 radical (unpaired) electrons. The maximum Gasteiger partial charge on any atom is 0.0666 e. The predicted molar refractivity (Wildman–Crippen MR) is 64.4 cm³/mol. The summed E-state index contributed by atoms with van der Waals surface area (Å²) in [6.07, 6.45) is 5.66. The third-order valence-electron chi connectivity index (χ3n) is 4.40. The Morgan fingerprint density at radius 2 is 2.19 bits per heavy atom. The molecule has 1 aliphatic carbocycles. The fourth-order valence-electron chi connectivity index (χ4n) is 2.48.